The van der Waals surface area contributed by atoms with Crippen molar-refractivity contribution in [1.82, 2.24) is 0 Å². The number of rotatable bonds is 1. The third-order valence-corrected chi connectivity index (χ3v) is 3.82. The van der Waals surface area contributed by atoms with Crippen molar-refractivity contribution in [3.05, 3.63) is 65.8 Å². The summed E-state index contributed by atoms with van der Waals surface area (Å²) in [6.45, 7) is 17.1. The Morgan fingerprint density at radius 3 is 1.94 bits per heavy atom. The maximum absolute atomic E-state index is 4.10. The lowest BCUT2D eigenvalue weighted by atomic mass is 9.85. The largest absolute Gasteiger partial charge is 0.0946 e. The first-order chi connectivity index (χ1) is 8.30. The molecule has 1 unspecified atom stereocenters. The van der Waals surface area contributed by atoms with Gasteiger partial charge in [-0.05, 0) is 33.3 Å². The van der Waals surface area contributed by atoms with Crippen LogP contribution in [0.25, 0.3) is 5.57 Å². The minimum Gasteiger partial charge on any atom is -0.0946 e. The predicted molar refractivity (Wildman–Crippen MR) is 80.6 cm³/mol. The van der Waals surface area contributed by atoms with Crippen LogP contribution in [-0.2, 0) is 5.41 Å². The smallest absolute Gasteiger partial charge is 0.00669 e. The van der Waals surface area contributed by atoms with E-state index in [1.165, 1.54) is 16.7 Å². The summed E-state index contributed by atoms with van der Waals surface area (Å²) in [7, 11) is 0. The van der Waals surface area contributed by atoms with Crippen LogP contribution in [0.2, 0.25) is 0 Å². The molecule has 0 bridgehead atoms. The van der Waals surface area contributed by atoms with E-state index in [1.54, 1.807) is 0 Å². The molecule has 18 heavy (non-hydrogen) atoms. The van der Waals surface area contributed by atoms with Gasteiger partial charge in [0, 0.05) is 5.92 Å². The van der Waals surface area contributed by atoms with E-state index in [0.29, 0.717) is 5.92 Å². The number of allylic oxidation sites excluding steroid dienone is 4. The first kappa shape index (κ1) is 12.9. The van der Waals surface area contributed by atoms with Gasteiger partial charge in [-0.15, -0.1) is 0 Å². The minimum absolute atomic E-state index is 0.210. The number of hydrogen-bond acceptors (Lipinski definition) is 0. The van der Waals surface area contributed by atoms with Crippen molar-refractivity contribution >= 4 is 5.57 Å². The molecule has 1 aliphatic carbocycles. The summed E-state index contributed by atoms with van der Waals surface area (Å²) in [5.41, 5.74) is 6.42. The maximum atomic E-state index is 4.10. The maximum Gasteiger partial charge on any atom is 0.00669 e. The van der Waals surface area contributed by atoms with E-state index in [-0.39, 0.29) is 5.41 Å². The average molecular weight is 238 g/mol. The topological polar surface area (TPSA) is 0 Å². The van der Waals surface area contributed by atoms with Crippen molar-refractivity contribution in [3.63, 3.8) is 0 Å². The third kappa shape index (κ3) is 2.20. The molecule has 0 N–H and O–H groups in total. The Bertz CT molecular complexity index is 518. The Labute approximate surface area is 111 Å². The molecule has 0 nitrogen and oxygen atoms in total. The Morgan fingerprint density at radius 2 is 1.56 bits per heavy atom. The van der Waals surface area contributed by atoms with Gasteiger partial charge in [-0.25, -0.2) is 0 Å². The van der Waals surface area contributed by atoms with E-state index in [0.717, 1.165) is 11.1 Å². The zero-order valence-corrected chi connectivity index (χ0v) is 11.9. The lowest BCUT2D eigenvalue weighted by molar-refractivity contribution is 0.590. The van der Waals surface area contributed by atoms with Gasteiger partial charge in [-0.3, -0.25) is 0 Å². The molecule has 1 aromatic rings. The van der Waals surface area contributed by atoms with Crippen LogP contribution in [-0.4, -0.2) is 0 Å². The van der Waals surface area contributed by atoms with Gasteiger partial charge in [-0.2, -0.15) is 0 Å². The summed E-state index contributed by atoms with van der Waals surface area (Å²) in [5, 5.41) is 0. The highest BCUT2D eigenvalue weighted by Gasteiger charge is 2.22. The molecule has 0 fully saturated rings. The standard InChI is InChI=1S/C18H22/c1-12-11-17(14(3)13(12)2)15-7-9-16(10-8-15)18(4,5)6/h7-11,14H,1-2H2,3-6H3. The van der Waals surface area contributed by atoms with E-state index in [4.69, 9.17) is 0 Å². The normalized spacial score (nSPS) is 20.2. The van der Waals surface area contributed by atoms with Gasteiger partial charge in [0.15, 0.2) is 0 Å². The summed E-state index contributed by atoms with van der Waals surface area (Å²) in [6.07, 6.45) is 2.17. The fourth-order valence-corrected chi connectivity index (χ4v) is 2.37. The van der Waals surface area contributed by atoms with Crippen LogP contribution in [0.1, 0.15) is 38.8 Å². The lowest BCUT2D eigenvalue weighted by Gasteiger charge is -2.20. The molecule has 0 aromatic heterocycles. The summed E-state index contributed by atoms with van der Waals surface area (Å²) in [5.74, 6) is 0.387. The van der Waals surface area contributed by atoms with Gasteiger partial charge >= 0.3 is 0 Å². The Hall–Kier alpha value is -1.56. The first-order valence-corrected chi connectivity index (χ1v) is 6.51. The molecule has 94 valence electrons. The molecule has 1 aromatic carbocycles. The van der Waals surface area contributed by atoms with Crippen LogP contribution in [0, 0.1) is 5.92 Å². The fourth-order valence-electron chi connectivity index (χ4n) is 2.37. The average Bonchev–Trinajstić information content (AvgIpc) is 2.56. The van der Waals surface area contributed by atoms with Crippen molar-refractivity contribution in [3.8, 4) is 0 Å². The lowest BCUT2D eigenvalue weighted by Crippen LogP contribution is -2.10. The second-order valence-electron chi connectivity index (χ2n) is 6.20. The Morgan fingerprint density at radius 1 is 1.00 bits per heavy atom. The molecule has 0 heteroatoms. The van der Waals surface area contributed by atoms with Gasteiger partial charge in [-0.1, -0.05) is 71.2 Å². The van der Waals surface area contributed by atoms with Crippen LogP contribution in [0.3, 0.4) is 0 Å². The molecule has 2 rings (SSSR count). The summed E-state index contributed by atoms with van der Waals surface area (Å²) in [6, 6.07) is 8.89. The summed E-state index contributed by atoms with van der Waals surface area (Å²) >= 11 is 0. The molecule has 0 saturated heterocycles. The van der Waals surface area contributed by atoms with E-state index in [9.17, 15) is 0 Å². The van der Waals surface area contributed by atoms with Gasteiger partial charge in [0.1, 0.15) is 0 Å². The highest BCUT2D eigenvalue weighted by Crippen LogP contribution is 2.39. The van der Waals surface area contributed by atoms with Crippen molar-refractivity contribution in [1.29, 1.82) is 0 Å². The third-order valence-electron chi connectivity index (χ3n) is 3.82. The van der Waals surface area contributed by atoms with Crippen molar-refractivity contribution in [2.45, 2.75) is 33.1 Å². The second-order valence-corrected chi connectivity index (χ2v) is 6.20. The minimum atomic E-state index is 0.210. The molecule has 0 amide bonds. The van der Waals surface area contributed by atoms with E-state index >= 15 is 0 Å². The highest BCUT2D eigenvalue weighted by atomic mass is 14.3. The molecule has 0 heterocycles. The first-order valence-electron chi connectivity index (χ1n) is 6.51. The van der Waals surface area contributed by atoms with E-state index < -0.39 is 0 Å². The molecule has 0 saturated carbocycles. The molecular formula is C18H22. The molecule has 1 atom stereocenters. The zero-order chi connectivity index (χ0) is 13.5. The number of hydrogen-bond donors (Lipinski definition) is 0. The van der Waals surface area contributed by atoms with Crippen molar-refractivity contribution in [2.24, 2.45) is 5.92 Å². The van der Waals surface area contributed by atoms with Gasteiger partial charge in [0.2, 0.25) is 0 Å². The Balaban J connectivity index is 2.35. The van der Waals surface area contributed by atoms with Crippen molar-refractivity contribution < 1.29 is 0 Å². The van der Waals surface area contributed by atoms with Gasteiger partial charge in [0.05, 0.1) is 0 Å². The summed E-state index contributed by atoms with van der Waals surface area (Å²) < 4.78 is 0. The van der Waals surface area contributed by atoms with Crippen LogP contribution in [0.15, 0.2) is 54.6 Å². The molecule has 1 aliphatic rings. The van der Waals surface area contributed by atoms with Gasteiger partial charge < -0.3 is 0 Å². The number of benzene rings is 1. The van der Waals surface area contributed by atoms with Crippen LogP contribution in [0.4, 0.5) is 0 Å². The van der Waals surface area contributed by atoms with Crippen LogP contribution < -0.4 is 0 Å². The SMILES string of the molecule is C=C1C=C(c2ccc(C(C)(C)C)cc2)C(C)C1=C. The van der Waals surface area contributed by atoms with Crippen LogP contribution >= 0.6 is 0 Å². The molecule has 0 aliphatic heterocycles. The fraction of sp³-hybridized carbons (Fsp3) is 0.333. The Kier molecular flexibility index (Phi) is 3.06. The van der Waals surface area contributed by atoms with Crippen LogP contribution in [0.5, 0.6) is 0 Å². The van der Waals surface area contributed by atoms with E-state index in [2.05, 4.69) is 71.2 Å². The second kappa shape index (κ2) is 4.28. The van der Waals surface area contributed by atoms with Gasteiger partial charge in [0.25, 0.3) is 0 Å². The monoisotopic (exact) mass is 238 g/mol. The molecule has 0 spiro atoms. The predicted octanol–water partition coefficient (Wildman–Crippen LogP) is 5.13. The van der Waals surface area contributed by atoms with E-state index in [1.807, 2.05) is 0 Å². The summed E-state index contributed by atoms with van der Waals surface area (Å²) in [4.78, 5) is 0. The zero-order valence-electron chi connectivity index (χ0n) is 11.9. The highest BCUT2D eigenvalue weighted by molar-refractivity contribution is 5.79. The quantitative estimate of drug-likeness (QED) is 0.636. The molecule has 0 radical (unpaired) electrons. The molecular weight excluding hydrogens is 216 g/mol. The van der Waals surface area contributed by atoms with Crippen molar-refractivity contribution in [2.75, 3.05) is 0 Å².